The van der Waals surface area contributed by atoms with Crippen LogP contribution in [0, 0.1) is 0 Å². The number of nitrogens with zero attached hydrogens (tertiary/aromatic N) is 1. The summed E-state index contributed by atoms with van der Waals surface area (Å²) in [5, 5.41) is 14.2. The number of hydrogen-bond acceptors (Lipinski definition) is 12. The van der Waals surface area contributed by atoms with Crippen LogP contribution in [0.4, 0.5) is 5.69 Å². The van der Waals surface area contributed by atoms with Crippen LogP contribution in [0.2, 0.25) is 0 Å². The fraction of sp³-hybridized carbons (Fsp3) is 0.389. The fourth-order valence-electron chi connectivity index (χ4n) is 5.93. The number of hydrogen-bond donors (Lipinski definition) is 5. The van der Waals surface area contributed by atoms with Gasteiger partial charge in [-0.15, -0.1) is 0 Å². The summed E-state index contributed by atoms with van der Waals surface area (Å²) in [6, 6.07) is 12.2. The molecule has 0 aromatic heterocycles. The fourth-order valence-corrected chi connectivity index (χ4v) is 7.52. The van der Waals surface area contributed by atoms with Crippen molar-refractivity contribution in [3.8, 4) is 22.5 Å². The smallest absolute Gasteiger partial charge is 0.305 e. The highest BCUT2D eigenvalue weighted by molar-refractivity contribution is 7.86. The maximum atomic E-state index is 14.0. The summed E-state index contributed by atoms with van der Waals surface area (Å²) in [6.45, 7) is 5.02. The monoisotopic (exact) mass is 804 g/mol. The van der Waals surface area contributed by atoms with Gasteiger partial charge in [-0.3, -0.25) is 18.9 Å². The molecule has 0 radical (unpaired) electrons. The van der Waals surface area contributed by atoms with Gasteiger partial charge in [-0.2, -0.15) is 8.42 Å². The molecular weight excluding hydrogens is 761 g/mol. The van der Waals surface area contributed by atoms with E-state index in [0.29, 0.717) is 6.42 Å². The van der Waals surface area contributed by atoms with Gasteiger partial charge < -0.3 is 39.1 Å². The van der Waals surface area contributed by atoms with Crippen LogP contribution in [0.1, 0.15) is 43.5 Å². The van der Waals surface area contributed by atoms with Crippen molar-refractivity contribution in [2.45, 2.75) is 42.9 Å². The van der Waals surface area contributed by atoms with Crippen molar-refractivity contribution < 1.29 is 64.3 Å². The Labute approximate surface area is 318 Å². The molecular formula is C36H44N4O13S2. The van der Waals surface area contributed by atoms with Crippen LogP contribution in [0.15, 0.2) is 62.7 Å². The Morgan fingerprint density at radius 3 is 2.27 bits per heavy atom. The van der Waals surface area contributed by atoms with Gasteiger partial charge in [0.2, 0.25) is 16.2 Å². The van der Waals surface area contributed by atoms with Crippen LogP contribution in [-0.4, -0.2) is 113 Å². The van der Waals surface area contributed by atoms with Crippen molar-refractivity contribution in [2.75, 3.05) is 65.0 Å². The molecule has 5 N–H and O–H groups in total. The standard InChI is InChI=1S/C36H44N4O13S2/c1-4-37-27-14-12-25-31(26-13-15-28(38-5-2)35(55(48,49)50)33(26)53-32(25)34(27)54(45,46)47)23-9-6-7-10-24(23)36(44)40(3)18-8-11-29(41)39-17-20-52-22-21-51-19-16-30(42)43/h6-7,9-10,12-15,37H,4-5,8,11,16-22H2,1-3H3,(H,39,41)(H,42,43)(H,45,46,47)(H,48,49,50). The lowest BCUT2D eigenvalue weighted by Crippen LogP contribution is -2.76. The first-order chi connectivity index (χ1) is 26.1. The highest BCUT2D eigenvalue weighted by atomic mass is 32.2. The van der Waals surface area contributed by atoms with Gasteiger partial charge >= 0.3 is 16.1 Å². The number of nitrogens with one attached hydrogen (secondary N) is 3. The van der Waals surface area contributed by atoms with E-state index in [0.717, 1.165) is 0 Å². The molecule has 1 aliphatic carbocycles. The molecule has 55 heavy (non-hydrogen) atoms. The highest BCUT2D eigenvalue weighted by Gasteiger charge is 2.32. The van der Waals surface area contributed by atoms with Crippen LogP contribution in [0.5, 0.6) is 0 Å². The van der Waals surface area contributed by atoms with Crippen LogP contribution < -0.4 is 21.0 Å². The van der Waals surface area contributed by atoms with Gasteiger partial charge in [0.1, 0.15) is 21.6 Å². The molecule has 0 bridgehead atoms. The van der Waals surface area contributed by atoms with Crippen molar-refractivity contribution >= 4 is 54.7 Å². The molecule has 298 valence electrons. The summed E-state index contributed by atoms with van der Waals surface area (Å²) in [6.07, 6.45) is 0.295. The van der Waals surface area contributed by atoms with Crippen LogP contribution >= 0.6 is 0 Å². The molecule has 0 atom stereocenters. The summed E-state index contributed by atoms with van der Waals surface area (Å²) >= 11 is 0. The number of anilines is 1. The lowest BCUT2D eigenvalue weighted by Gasteiger charge is -2.23. The lowest BCUT2D eigenvalue weighted by atomic mass is 9.90. The van der Waals surface area contributed by atoms with E-state index in [9.17, 15) is 40.3 Å². The maximum Gasteiger partial charge on any atom is 0.305 e. The maximum absolute atomic E-state index is 14.0. The number of aliphatic carboxylic acids is 1. The largest absolute Gasteiger partial charge is 0.744 e. The van der Waals surface area contributed by atoms with Gasteiger partial charge in [0.05, 0.1) is 38.5 Å². The molecule has 19 heteroatoms. The van der Waals surface area contributed by atoms with Crippen LogP contribution in [0.3, 0.4) is 0 Å². The highest BCUT2D eigenvalue weighted by Crippen LogP contribution is 2.46. The number of amides is 2. The van der Waals surface area contributed by atoms with E-state index < -0.39 is 53.2 Å². The second-order valence-electron chi connectivity index (χ2n) is 12.2. The lowest BCUT2D eigenvalue weighted by molar-refractivity contribution is -0.498. The predicted octanol–water partition coefficient (Wildman–Crippen LogP) is 1.26. The first-order valence-corrected chi connectivity index (χ1v) is 20.2. The number of rotatable bonds is 20. The Hall–Kier alpha value is -4.92. The Balaban J connectivity index is 1.66. The third-order valence-corrected chi connectivity index (χ3v) is 10.1. The first kappa shape index (κ1) is 42.8. The van der Waals surface area contributed by atoms with E-state index in [-0.39, 0.29) is 110 Å². The van der Waals surface area contributed by atoms with Crippen LogP contribution in [0.25, 0.3) is 33.4 Å². The van der Waals surface area contributed by atoms with Crippen molar-refractivity contribution in [1.29, 1.82) is 0 Å². The molecule has 1 heterocycles. The summed E-state index contributed by atoms with van der Waals surface area (Å²) < 4.78 is 91.1. The number of carbonyl (C=O) groups excluding carboxylic acids is 2. The molecule has 0 saturated heterocycles. The Morgan fingerprint density at radius 1 is 0.909 bits per heavy atom. The summed E-state index contributed by atoms with van der Waals surface area (Å²) in [5.74, 6) is -2.14. The number of carbonyl (C=O) groups is 3. The van der Waals surface area contributed by atoms with Crippen molar-refractivity contribution in [2.24, 2.45) is 0 Å². The molecule has 1 aliphatic heterocycles. The third kappa shape index (κ3) is 10.9. The zero-order chi connectivity index (χ0) is 40.3. The van der Waals surface area contributed by atoms with E-state index in [1.165, 1.54) is 35.2 Å². The van der Waals surface area contributed by atoms with Crippen molar-refractivity contribution in [3.63, 3.8) is 0 Å². The van der Waals surface area contributed by atoms with Crippen molar-refractivity contribution in [1.82, 2.24) is 10.2 Å². The minimum Gasteiger partial charge on any atom is -0.744 e. The van der Waals surface area contributed by atoms with E-state index >= 15 is 0 Å². The number of ether oxygens (including phenoxy) is 2. The van der Waals surface area contributed by atoms with Gasteiger partial charge in [0.25, 0.3) is 5.91 Å². The summed E-state index contributed by atoms with van der Waals surface area (Å²) in [7, 11) is -8.74. The predicted molar refractivity (Wildman–Crippen MR) is 198 cm³/mol. The minimum absolute atomic E-state index is 0.0406. The Morgan fingerprint density at radius 2 is 1.62 bits per heavy atom. The van der Waals surface area contributed by atoms with E-state index in [4.69, 9.17) is 19.0 Å². The molecule has 2 aromatic carbocycles. The summed E-state index contributed by atoms with van der Waals surface area (Å²) in [4.78, 5) is 39.7. The van der Waals surface area contributed by atoms with Gasteiger partial charge in [-0.1, -0.05) is 18.2 Å². The number of carboxylic acid groups (broad SMARTS) is 1. The molecule has 2 aromatic rings. The summed E-state index contributed by atoms with van der Waals surface area (Å²) in [5.41, 5.74) is 0.0856. The topological polar surface area (TPSA) is 256 Å². The quantitative estimate of drug-likeness (QED) is 0.0479. The average molecular weight is 805 g/mol. The molecule has 0 saturated carbocycles. The zero-order valence-electron chi connectivity index (χ0n) is 30.5. The van der Waals surface area contributed by atoms with Gasteiger partial charge in [-0.05, 0) is 50.1 Å². The van der Waals surface area contributed by atoms with Gasteiger partial charge in [-0.25, -0.2) is 13.4 Å². The van der Waals surface area contributed by atoms with Crippen molar-refractivity contribution in [3.05, 3.63) is 59.5 Å². The second kappa shape index (κ2) is 19.1. The van der Waals surface area contributed by atoms with E-state index in [1.807, 2.05) is 0 Å². The molecule has 0 unspecified atom stereocenters. The number of fused-ring (bicyclic) bond motifs is 2. The third-order valence-electron chi connectivity index (χ3n) is 8.28. The molecule has 2 amide bonds. The second-order valence-corrected chi connectivity index (χ2v) is 14.9. The zero-order valence-corrected chi connectivity index (χ0v) is 32.2. The normalized spacial score (nSPS) is 12.3. The van der Waals surface area contributed by atoms with Gasteiger partial charge in [0, 0.05) is 61.2 Å². The first-order valence-electron chi connectivity index (χ1n) is 17.4. The molecule has 0 fully saturated rings. The number of benzene rings is 3. The van der Waals surface area contributed by atoms with Crippen LogP contribution in [-0.2, 0) is 39.3 Å². The molecule has 2 aliphatic rings. The number of carboxylic acids is 1. The Kier molecular flexibility index (Phi) is 14.9. The minimum atomic E-state index is -5.26. The Bertz CT molecular complexity index is 2290. The molecule has 17 nitrogen and oxygen atoms in total. The molecule has 4 rings (SSSR count). The van der Waals surface area contributed by atoms with Gasteiger partial charge in [0.15, 0.2) is 11.3 Å². The molecule has 0 spiro atoms. The SMILES string of the molecule is CCNc1ccc2c(-c3ccccc3C(=O)N(C)CCCC(=O)NCCOCCOCCC(=O)O)c3ccc(=[NH+]CC)c(S(=O)(=O)O)c-3oc2c1S(=O)(=O)[O-]. The average Bonchev–Trinajstić information content (AvgIpc) is 3.11. The van der Waals surface area contributed by atoms with E-state index in [1.54, 1.807) is 39.1 Å². The van der Waals surface area contributed by atoms with E-state index in [2.05, 4.69) is 15.6 Å².